The molecule has 0 saturated heterocycles. The molecule has 1 heterocycles. The molecule has 1 unspecified atom stereocenters. The van der Waals surface area contributed by atoms with Gasteiger partial charge in [-0.15, -0.1) is 0 Å². The summed E-state index contributed by atoms with van der Waals surface area (Å²) in [7, 11) is -1.01. The van der Waals surface area contributed by atoms with E-state index in [4.69, 9.17) is 0 Å². The summed E-state index contributed by atoms with van der Waals surface area (Å²) in [6.45, 7) is 3.66. The molecule has 2 rings (SSSR count). The predicted molar refractivity (Wildman–Crippen MR) is 60.8 cm³/mol. The lowest BCUT2D eigenvalue weighted by atomic mass is 10.2. The lowest BCUT2D eigenvalue weighted by molar-refractivity contribution is 0.694. The van der Waals surface area contributed by atoms with Crippen LogP contribution >= 0.6 is 0 Å². The van der Waals surface area contributed by atoms with E-state index in [0.29, 0.717) is 0 Å². The molecule has 70 valence electrons. The molecule has 0 fully saturated rings. The van der Waals surface area contributed by atoms with Gasteiger partial charge in [-0.3, -0.25) is 0 Å². The van der Waals surface area contributed by atoms with E-state index in [1.165, 1.54) is 0 Å². The second-order valence-corrected chi connectivity index (χ2v) is 4.26. The second kappa shape index (κ2) is 3.76. The van der Waals surface area contributed by atoms with Crippen molar-refractivity contribution >= 4 is 15.7 Å². The summed E-state index contributed by atoms with van der Waals surface area (Å²) >= 11 is 0. The summed E-state index contributed by atoms with van der Waals surface area (Å²) in [5.74, 6) is 0. The molecule has 2 heteroatoms. The van der Waals surface area contributed by atoms with Crippen molar-refractivity contribution in [3.63, 3.8) is 0 Å². The highest BCUT2D eigenvalue weighted by Gasteiger charge is 2.13. The number of rotatable bonds is 2. The Hall–Kier alpha value is -1.41. The van der Waals surface area contributed by atoms with Gasteiger partial charge in [-0.1, -0.05) is 43.0 Å². The monoisotopic (exact) mass is 202 g/mol. The zero-order valence-corrected chi connectivity index (χ0v) is 8.46. The Labute approximate surface area is 85.9 Å². The minimum Gasteiger partial charge on any atom is -0.250 e. The quantitative estimate of drug-likeness (QED) is 0.720. The Morgan fingerprint density at radius 1 is 1.21 bits per heavy atom. The van der Waals surface area contributed by atoms with Gasteiger partial charge in [-0.2, -0.15) is 0 Å². The Morgan fingerprint density at radius 3 is 2.50 bits per heavy atom. The molecule has 1 aromatic carbocycles. The zero-order valence-electron chi connectivity index (χ0n) is 7.64. The summed E-state index contributed by atoms with van der Waals surface area (Å²) in [5.41, 5.74) is 1.95. The maximum Gasteiger partial charge on any atom is 0.0788 e. The molecule has 1 nitrogen and oxygen atoms in total. The van der Waals surface area contributed by atoms with Crippen molar-refractivity contribution in [2.45, 2.75) is 0 Å². The molecule has 1 aromatic rings. The molecule has 1 aliphatic heterocycles. The molecule has 14 heavy (non-hydrogen) atoms. The van der Waals surface area contributed by atoms with Crippen LogP contribution in [0.3, 0.4) is 0 Å². The van der Waals surface area contributed by atoms with E-state index in [-0.39, 0.29) is 0 Å². The Kier molecular flexibility index (Phi) is 2.46. The van der Waals surface area contributed by atoms with Crippen molar-refractivity contribution in [2.24, 2.45) is 0 Å². The van der Waals surface area contributed by atoms with Gasteiger partial charge in [0.1, 0.15) is 0 Å². The van der Waals surface area contributed by atoms with Crippen LogP contribution in [0.1, 0.15) is 5.56 Å². The Balaban J connectivity index is 2.40. The van der Waals surface area contributed by atoms with Crippen LogP contribution in [0.2, 0.25) is 0 Å². The van der Waals surface area contributed by atoms with E-state index in [9.17, 15) is 4.21 Å². The third kappa shape index (κ3) is 1.61. The van der Waals surface area contributed by atoms with E-state index in [1.807, 2.05) is 36.4 Å². The Bertz CT molecular complexity index is 441. The maximum atomic E-state index is 11.7. The number of benzene rings is 1. The molecule has 0 amide bonds. The highest BCUT2D eigenvalue weighted by atomic mass is 32.2. The summed E-state index contributed by atoms with van der Waals surface area (Å²) in [6.07, 6.45) is 3.63. The van der Waals surface area contributed by atoms with Gasteiger partial charge in [0.2, 0.25) is 0 Å². The lowest BCUT2D eigenvalue weighted by Gasteiger charge is -1.98. The fraction of sp³-hybridized carbons (Fsp3) is 0. The van der Waals surface area contributed by atoms with E-state index in [2.05, 4.69) is 6.58 Å². The topological polar surface area (TPSA) is 17.1 Å². The summed E-state index contributed by atoms with van der Waals surface area (Å²) < 4.78 is 11.7. The van der Waals surface area contributed by atoms with Crippen LogP contribution in [0.25, 0.3) is 4.91 Å². The van der Waals surface area contributed by atoms with Crippen molar-refractivity contribution in [1.29, 1.82) is 0 Å². The standard InChI is InChI=1S/C12H10OS/c1-2-10-8-12(14(13)9-10)11-6-4-3-5-7-11/h2-9H,1H2. The van der Waals surface area contributed by atoms with Gasteiger partial charge in [0, 0.05) is 5.41 Å². The normalized spacial score (nSPS) is 20.1. The van der Waals surface area contributed by atoms with Crippen LogP contribution in [0.15, 0.2) is 60.0 Å². The predicted octanol–water partition coefficient (Wildman–Crippen LogP) is 2.86. The fourth-order valence-electron chi connectivity index (χ4n) is 1.34. The van der Waals surface area contributed by atoms with Crippen LogP contribution < -0.4 is 0 Å². The number of hydrogen-bond donors (Lipinski definition) is 0. The van der Waals surface area contributed by atoms with Gasteiger partial charge in [-0.05, 0) is 17.2 Å². The zero-order chi connectivity index (χ0) is 9.97. The van der Waals surface area contributed by atoms with Gasteiger partial charge in [0.15, 0.2) is 0 Å². The van der Waals surface area contributed by atoms with E-state index >= 15 is 0 Å². The molecule has 0 aromatic heterocycles. The highest BCUT2D eigenvalue weighted by molar-refractivity contribution is 7.97. The average Bonchev–Trinajstić information content (AvgIpc) is 2.61. The first-order valence-electron chi connectivity index (χ1n) is 4.33. The van der Waals surface area contributed by atoms with Crippen LogP contribution in [-0.4, -0.2) is 4.21 Å². The Morgan fingerprint density at radius 2 is 1.93 bits per heavy atom. The fourth-order valence-corrected chi connectivity index (χ4v) is 2.50. The van der Waals surface area contributed by atoms with Crippen molar-refractivity contribution in [3.05, 3.63) is 65.6 Å². The number of hydrogen-bond acceptors (Lipinski definition) is 1. The maximum absolute atomic E-state index is 11.7. The SMILES string of the molecule is C=CC1=CS(=O)C(c2ccccc2)=C1. The second-order valence-electron chi connectivity index (χ2n) is 2.99. The first kappa shape index (κ1) is 9.16. The third-order valence-electron chi connectivity index (χ3n) is 2.05. The molecule has 0 spiro atoms. The molecule has 1 aliphatic rings. The van der Waals surface area contributed by atoms with Gasteiger partial charge >= 0.3 is 0 Å². The first-order chi connectivity index (χ1) is 6.81. The molecule has 0 N–H and O–H groups in total. The van der Waals surface area contributed by atoms with Gasteiger partial charge in [0.05, 0.1) is 15.7 Å². The average molecular weight is 202 g/mol. The number of allylic oxidation sites excluding steroid dienone is 3. The van der Waals surface area contributed by atoms with Gasteiger partial charge in [0.25, 0.3) is 0 Å². The molecule has 0 aliphatic carbocycles. The largest absolute Gasteiger partial charge is 0.250 e. The van der Waals surface area contributed by atoms with E-state index < -0.39 is 10.8 Å². The molecule has 1 atom stereocenters. The third-order valence-corrected chi connectivity index (χ3v) is 3.32. The minimum atomic E-state index is -1.01. The van der Waals surface area contributed by atoms with E-state index in [1.54, 1.807) is 11.5 Å². The molecule has 0 radical (unpaired) electrons. The minimum absolute atomic E-state index is 0.862. The summed E-state index contributed by atoms with van der Waals surface area (Å²) in [6, 6.07) is 9.76. The van der Waals surface area contributed by atoms with Crippen LogP contribution in [0, 0.1) is 0 Å². The van der Waals surface area contributed by atoms with Gasteiger partial charge in [-0.25, -0.2) is 4.21 Å². The molecule has 0 saturated carbocycles. The molecular weight excluding hydrogens is 192 g/mol. The lowest BCUT2D eigenvalue weighted by Crippen LogP contribution is -1.85. The van der Waals surface area contributed by atoms with Crippen molar-refractivity contribution in [3.8, 4) is 0 Å². The summed E-state index contributed by atoms with van der Waals surface area (Å²) in [4.78, 5) is 0.862. The van der Waals surface area contributed by atoms with Crippen molar-refractivity contribution < 1.29 is 4.21 Å². The first-order valence-corrected chi connectivity index (χ1v) is 5.54. The molecule has 0 bridgehead atoms. The highest BCUT2D eigenvalue weighted by Crippen LogP contribution is 2.27. The van der Waals surface area contributed by atoms with Crippen LogP contribution in [0.5, 0.6) is 0 Å². The van der Waals surface area contributed by atoms with Crippen molar-refractivity contribution in [2.75, 3.05) is 0 Å². The smallest absolute Gasteiger partial charge is 0.0788 e. The molecular formula is C12H10OS. The van der Waals surface area contributed by atoms with Crippen LogP contribution in [0.4, 0.5) is 0 Å². The van der Waals surface area contributed by atoms with Crippen LogP contribution in [-0.2, 0) is 10.8 Å². The van der Waals surface area contributed by atoms with Gasteiger partial charge < -0.3 is 0 Å². The van der Waals surface area contributed by atoms with Crippen molar-refractivity contribution in [1.82, 2.24) is 0 Å². The summed E-state index contributed by atoms with van der Waals surface area (Å²) in [5, 5.41) is 1.72. The van der Waals surface area contributed by atoms with E-state index in [0.717, 1.165) is 16.0 Å².